The minimum absolute atomic E-state index is 0.171. The molecule has 0 aliphatic rings. The molecule has 29 heavy (non-hydrogen) atoms. The Morgan fingerprint density at radius 3 is 2.66 bits per heavy atom. The number of hydrogen-bond donors (Lipinski definition) is 0. The molecule has 0 atom stereocenters. The van der Waals surface area contributed by atoms with Gasteiger partial charge < -0.3 is 4.90 Å². The van der Waals surface area contributed by atoms with Crippen LogP contribution in [0.4, 0.5) is 0 Å². The van der Waals surface area contributed by atoms with E-state index in [9.17, 15) is 4.79 Å². The third kappa shape index (κ3) is 3.16. The monoisotopic (exact) mass is 394 g/mol. The zero-order chi connectivity index (χ0) is 20.5. The van der Waals surface area contributed by atoms with E-state index in [-0.39, 0.29) is 5.91 Å². The van der Waals surface area contributed by atoms with Crippen molar-refractivity contribution in [2.45, 2.75) is 40.8 Å². The molecule has 0 saturated heterocycles. The summed E-state index contributed by atoms with van der Waals surface area (Å²) in [5, 5.41) is 16.5. The molecule has 0 unspecified atom stereocenters. The van der Waals surface area contributed by atoms with Gasteiger partial charge >= 0.3 is 0 Å². The number of fused-ring (bicyclic) bond motifs is 1. The van der Waals surface area contributed by atoms with Gasteiger partial charge in [-0.3, -0.25) is 9.48 Å². The molecule has 0 saturated carbocycles. The summed E-state index contributed by atoms with van der Waals surface area (Å²) in [6, 6.07) is 1.88. The van der Waals surface area contributed by atoms with Crippen molar-refractivity contribution in [3.8, 4) is 11.3 Å². The van der Waals surface area contributed by atoms with Crippen LogP contribution in [0.5, 0.6) is 0 Å². The standard InChI is InChI=1S/C19H22N8O2/c1-5-25(11-16-12(3)23-29-24-16)19(28)15-10-22-27-17(7-8-20-18(15)27)14-9-21-26(6-2)13(14)4/h7-10H,5-6,11H2,1-4H3. The molecule has 0 bridgehead atoms. The van der Waals surface area contributed by atoms with E-state index in [0.717, 1.165) is 23.5 Å². The van der Waals surface area contributed by atoms with Gasteiger partial charge in [-0.2, -0.15) is 10.2 Å². The molecule has 10 nitrogen and oxygen atoms in total. The fourth-order valence-electron chi connectivity index (χ4n) is 3.33. The third-order valence-electron chi connectivity index (χ3n) is 5.07. The van der Waals surface area contributed by atoms with Crippen LogP contribution in [0.15, 0.2) is 29.3 Å². The van der Waals surface area contributed by atoms with Crippen LogP contribution in [-0.4, -0.2) is 52.0 Å². The second-order valence-electron chi connectivity index (χ2n) is 6.70. The van der Waals surface area contributed by atoms with Gasteiger partial charge in [-0.25, -0.2) is 14.1 Å². The predicted octanol–water partition coefficient (Wildman–Crippen LogP) is 2.27. The Hall–Kier alpha value is -3.56. The van der Waals surface area contributed by atoms with Crippen molar-refractivity contribution in [1.29, 1.82) is 0 Å². The van der Waals surface area contributed by atoms with Crippen LogP contribution in [-0.2, 0) is 13.1 Å². The summed E-state index contributed by atoms with van der Waals surface area (Å²) in [4.78, 5) is 19.3. The highest BCUT2D eigenvalue weighted by Crippen LogP contribution is 2.24. The molecule has 1 amide bonds. The van der Waals surface area contributed by atoms with Crippen LogP contribution < -0.4 is 0 Å². The van der Waals surface area contributed by atoms with Gasteiger partial charge in [0.1, 0.15) is 17.0 Å². The first-order valence-electron chi connectivity index (χ1n) is 9.47. The number of aryl methyl sites for hydroxylation is 2. The van der Waals surface area contributed by atoms with Crippen molar-refractivity contribution in [1.82, 2.24) is 39.6 Å². The molecule has 0 aliphatic carbocycles. The lowest BCUT2D eigenvalue weighted by atomic mass is 10.2. The molecule has 10 heteroatoms. The number of carbonyl (C=O) groups is 1. The van der Waals surface area contributed by atoms with E-state index >= 15 is 0 Å². The van der Waals surface area contributed by atoms with Crippen molar-refractivity contribution >= 4 is 11.6 Å². The highest BCUT2D eigenvalue weighted by molar-refractivity contribution is 5.99. The molecule has 0 N–H and O–H groups in total. The van der Waals surface area contributed by atoms with Gasteiger partial charge in [0.05, 0.1) is 24.6 Å². The fraction of sp³-hybridized carbons (Fsp3) is 0.368. The van der Waals surface area contributed by atoms with Crippen LogP contribution in [0.1, 0.15) is 41.3 Å². The first-order chi connectivity index (χ1) is 14.0. The number of hydrogen-bond acceptors (Lipinski definition) is 7. The molecule has 4 heterocycles. The summed E-state index contributed by atoms with van der Waals surface area (Å²) >= 11 is 0. The van der Waals surface area contributed by atoms with Gasteiger partial charge in [-0.1, -0.05) is 10.3 Å². The summed E-state index contributed by atoms with van der Waals surface area (Å²) in [7, 11) is 0. The SMILES string of the molecule is CCN(Cc1nonc1C)C(=O)c1cnn2c(-c3cnn(CC)c3C)ccnc12. The van der Waals surface area contributed by atoms with Crippen LogP contribution in [0.3, 0.4) is 0 Å². The molecule has 4 rings (SSSR count). The van der Waals surface area contributed by atoms with E-state index < -0.39 is 0 Å². The van der Waals surface area contributed by atoms with Gasteiger partial charge in [0.15, 0.2) is 5.65 Å². The predicted molar refractivity (Wildman–Crippen MR) is 104 cm³/mol. The van der Waals surface area contributed by atoms with E-state index in [1.165, 1.54) is 0 Å². The molecular formula is C19H22N8O2. The molecule has 0 spiro atoms. The van der Waals surface area contributed by atoms with Crippen molar-refractivity contribution in [2.24, 2.45) is 0 Å². The molecule has 0 aliphatic heterocycles. The van der Waals surface area contributed by atoms with Crippen molar-refractivity contribution in [3.05, 3.63) is 47.3 Å². The molecule has 4 aromatic rings. The second kappa shape index (κ2) is 7.46. The van der Waals surface area contributed by atoms with Crippen molar-refractivity contribution in [3.63, 3.8) is 0 Å². The largest absolute Gasteiger partial charge is 0.333 e. The number of aromatic nitrogens is 7. The van der Waals surface area contributed by atoms with E-state index in [0.29, 0.717) is 35.7 Å². The van der Waals surface area contributed by atoms with E-state index in [2.05, 4.69) is 25.5 Å². The van der Waals surface area contributed by atoms with Gasteiger partial charge in [0.2, 0.25) is 0 Å². The van der Waals surface area contributed by atoms with Crippen LogP contribution in [0.2, 0.25) is 0 Å². The molecular weight excluding hydrogens is 372 g/mol. The maximum absolute atomic E-state index is 13.2. The zero-order valence-corrected chi connectivity index (χ0v) is 16.8. The van der Waals surface area contributed by atoms with Gasteiger partial charge in [-0.15, -0.1) is 0 Å². The summed E-state index contributed by atoms with van der Waals surface area (Å²) < 4.78 is 8.35. The lowest BCUT2D eigenvalue weighted by Crippen LogP contribution is -2.30. The minimum Gasteiger partial charge on any atom is -0.333 e. The zero-order valence-electron chi connectivity index (χ0n) is 16.8. The van der Waals surface area contributed by atoms with Gasteiger partial charge in [0, 0.05) is 30.5 Å². The normalized spacial score (nSPS) is 11.3. The first-order valence-corrected chi connectivity index (χ1v) is 9.47. The quantitative estimate of drug-likeness (QED) is 0.494. The second-order valence-corrected chi connectivity index (χ2v) is 6.70. The average molecular weight is 394 g/mol. The smallest absolute Gasteiger partial charge is 0.259 e. The number of amides is 1. The molecule has 4 aromatic heterocycles. The van der Waals surface area contributed by atoms with E-state index in [1.54, 1.807) is 28.7 Å². The van der Waals surface area contributed by atoms with E-state index in [4.69, 9.17) is 4.63 Å². The number of rotatable bonds is 6. The van der Waals surface area contributed by atoms with Gasteiger partial charge in [-0.05, 0) is 33.8 Å². The first kappa shape index (κ1) is 18.8. The maximum Gasteiger partial charge on any atom is 0.259 e. The summed E-state index contributed by atoms with van der Waals surface area (Å²) in [5.74, 6) is -0.171. The fourth-order valence-corrected chi connectivity index (χ4v) is 3.33. The number of nitrogens with zero attached hydrogens (tertiary/aromatic N) is 8. The number of carbonyl (C=O) groups excluding carboxylic acids is 1. The molecule has 0 radical (unpaired) electrons. The molecule has 150 valence electrons. The lowest BCUT2D eigenvalue weighted by Gasteiger charge is -2.18. The van der Waals surface area contributed by atoms with Crippen LogP contribution in [0, 0.1) is 13.8 Å². The maximum atomic E-state index is 13.2. The van der Waals surface area contributed by atoms with Crippen molar-refractivity contribution in [2.75, 3.05) is 6.54 Å². The van der Waals surface area contributed by atoms with Crippen molar-refractivity contribution < 1.29 is 9.42 Å². The highest BCUT2D eigenvalue weighted by Gasteiger charge is 2.23. The summed E-state index contributed by atoms with van der Waals surface area (Å²) in [5.41, 5.74) is 5.07. The minimum atomic E-state index is -0.171. The Kier molecular flexibility index (Phi) is 4.83. The van der Waals surface area contributed by atoms with E-state index in [1.807, 2.05) is 37.7 Å². The Balaban J connectivity index is 1.72. The summed E-state index contributed by atoms with van der Waals surface area (Å²) in [6.45, 7) is 9.36. The Bertz CT molecular complexity index is 1170. The molecule has 0 fully saturated rings. The molecule has 0 aromatic carbocycles. The third-order valence-corrected chi connectivity index (χ3v) is 5.07. The van der Waals surface area contributed by atoms with Crippen LogP contribution in [0.25, 0.3) is 16.9 Å². The lowest BCUT2D eigenvalue weighted by molar-refractivity contribution is 0.0750. The van der Waals surface area contributed by atoms with Crippen LogP contribution >= 0.6 is 0 Å². The summed E-state index contributed by atoms with van der Waals surface area (Å²) in [6.07, 6.45) is 5.06. The average Bonchev–Trinajstić information content (AvgIpc) is 3.43. The van der Waals surface area contributed by atoms with Gasteiger partial charge in [0.25, 0.3) is 5.91 Å². The topological polar surface area (TPSA) is 107 Å². The highest BCUT2D eigenvalue weighted by atomic mass is 16.6. The Morgan fingerprint density at radius 1 is 1.17 bits per heavy atom. The Morgan fingerprint density at radius 2 is 2.00 bits per heavy atom. The Labute approximate surface area is 167 Å².